The quantitative estimate of drug-likeness (QED) is 0.505. The number of nitrogens with one attached hydrogen (secondary N) is 1. The van der Waals surface area contributed by atoms with Gasteiger partial charge in [0.2, 0.25) is 5.88 Å². The number of aromatic hydroxyl groups is 1. The van der Waals surface area contributed by atoms with Crippen LogP contribution in [-0.2, 0) is 0 Å². The van der Waals surface area contributed by atoms with Crippen molar-refractivity contribution in [2.24, 2.45) is 10.2 Å². The third kappa shape index (κ3) is 2.98. The predicted molar refractivity (Wildman–Crippen MR) is 84.9 cm³/mol. The third-order valence-corrected chi connectivity index (χ3v) is 3.57. The van der Waals surface area contributed by atoms with Crippen LogP contribution in [0.4, 0.5) is 17.1 Å². The van der Waals surface area contributed by atoms with E-state index in [2.05, 4.69) is 15.2 Å². The van der Waals surface area contributed by atoms with Gasteiger partial charge >= 0.3 is 0 Å². The Bertz CT molecular complexity index is 969. The van der Waals surface area contributed by atoms with E-state index in [-0.39, 0.29) is 28.2 Å². The largest absolute Gasteiger partial charge is 0.494 e. The van der Waals surface area contributed by atoms with Crippen LogP contribution in [-0.4, -0.2) is 15.0 Å². The van der Waals surface area contributed by atoms with Crippen molar-refractivity contribution in [1.29, 1.82) is 5.26 Å². The molecule has 2 N–H and O–H groups in total. The van der Waals surface area contributed by atoms with Crippen LogP contribution in [0.5, 0.6) is 5.88 Å². The first kappa shape index (κ1) is 16.8. The number of aromatic amines is 1. The molecule has 122 valence electrons. The van der Waals surface area contributed by atoms with Crippen molar-refractivity contribution >= 4 is 17.1 Å². The van der Waals surface area contributed by atoms with Gasteiger partial charge in [0.1, 0.15) is 11.6 Å². The molecule has 1 aromatic heterocycles. The predicted octanol–water partition coefficient (Wildman–Crippen LogP) is 3.20. The normalized spacial score (nSPS) is 10.8. The number of benzene rings is 1. The second-order valence-corrected chi connectivity index (χ2v) is 5.15. The lowest BCUT2D eigenvalue weighted by Crippen LogP contribution is -2.08. The number of rotatable bonds is 3. The highest BCUT2D eigenvalue weighted by Crippen LogP contribution is 2.32. The topological polar surface area (TPSA) is 145 Å². The van der Waals surface area contributed by atoms with Gasteiger partial charge in [0.25, 0.3) is 11.2 Å². The number of pyridine rings is 1. The third-order valence-electron chi connectivity index (χ3n) is 3.57. The molecule has 0 saturated carbocycles. The van der Waals surface area contributed by atoms with E-state index >= 15 is 0 Å². The average Bonchev–Trinajstić information content (AvgIpc) is 2.49. The smallest absolute Gasteiger partial charge is 0.297 e. The fourth-order valence-corrected chi connectivity index (χ4v) is 2.07. The van der Waals surface area contributed by atoms with E-state index in [1.807, 2.05) is 0 Å². The Morgan fingerprint density at radius 1 is 1.25 bits per heavy atom. The van der Waals surface area contributed by atoms with Crippen LogP contribution < -0.4 is 5.56 Å². The Balaban J connectivity index is 2.62. The highest BCUT2D eigenvalue weighted by Gasteiger charge is 2.17. The monoisotopic (exact) mass is 327 g/mol. The minimum atomic E-state index is -0.751. The number of nitro benzene ring substituents is 1. The van der Waals surface area contributed by atoms with Crippen molar-refractivity contribution < 1.29 is 10.0 Å². The molecule has 0 aliphatic heterocycles. The fraction of sp³-hybridized carbons (Fsp3) is 0.200. The summed E-state index contributed by atoms with van der Waals surface area (Å²) >= 11 is 0. The second kappa shape index (κ2) is 6.29. The van der Waals surface area contributed by atoms with Gasteiger partial charge in [-0.3, -0.25) is 19.9 Å². The number of nitro groups is 1. The molecule has 9 nitrogen and oxygen atoms in total. The lowest BCUT2D eigenvalue weighted by atomic mass is 10.1. The number of nitriles is 1. The van der Waals surface area contributed by atoms with E-state index < -0.39 is 16.4 Å². The van der Waals surface area contributed by atoms with Gasteiger partial charge in [-0.1, -0.05) is 0 Å². The van der Waals surface area contributed by atoms with Gasteiger partial charge in [-0.2, -0.15) is 5.26 Å². The summed E-state index contributed by atoms with van der Waals surface area (Å²) in [5.41, 5.74) is 0.307. The Labute approximate surface area is 136 Å². The zero-order valence-corrected chi connectivity index (χ0v) is 13.1. The molecule has 0 amide bonds. The minimum Gasteiger partial charge on any atom is -0.494 e. The van der Waals surface area contributed by atoms with E-state index in [1.54, 1.807) is 19.9 Å². The van der Waals surface area contributed by atoms with Crippen LogP contribution in [0.25, 0.3) is 0 Å². The maximum Gasteiger partial charge on any atom is 0.297 e. The van der Waals surface area contributed by atoms with Gasteiger partial charge in [-0.05, 0) is 38.0 Å². The summed E-state index contributed by atoms with van der Waals surface area (Å²) < 4.78 is 0. The van der Waals surface area contributed by atoms with E-state index in [1.165, 1.54) is 19.1 Å². The number of aryl methyl sites for hydroxylation is 2. The number of H-pyrrole nitrogens is 1. The van der Waals surface area contributed by atoms with E-state index in [0.717, 1.165) is 11.1 Å². The van der Waals surface area contributed by atoms with Crippen LogP contribution >= 0.6 is 0 Å². The lowest BCUT2D eigenvalue weighted by molar-refractivity contribution is -0.384. The number of hydrogen-bond acceptors (Lipinski definition) is 7. The maximum absolute atomic E-state index is 11.9. The van der Waals surface area contributed by atoms with Crippen molar-refractivity contribution in [1.82, 2.24) is 4.98 Å². The van der Waals surface area contributed by atoms with Gasteiger partial charge in [0, 0.05) is 11.6 Å². The lowest BCUT2D eigenvalue weighted by Gasteiger charge is -2.04. The molecular formula is C15H13N5O4. The number of aromatic nitrogens is 1. The van der Waals surface area contributed by atoms with Crippen molar-refractivity contribution in [2.75, 3.05) is 0 Å². The second-order valence-electron chi connectivity index (χ2n) is 5.15. The van der Waals surface area contributed by atoms with Gasteiger partial charge in [-0.15, -0.1) is 10.2 Å². The van der Waals surface area contributed by atoms with Gasteiger partial charge in [0.15, 0.2) is 11.4 Å². The molecule has 0 bridgehead atoms. The molecule has 2 aromatic rings. The summed E-state index contributed by atoms with van der Waals surface area (Å²) in [5, 5.41) is 37.2. The number of azo groups is 1. The van der Waals surface area contributed by atoms with Crippen molar-refractivity contribution in [3.05, 3.63) is 54.9 Å². The molecule has 1 aromatic carbocycles. The Hall–Kier alpha value is -3.54. The molecule has 0 atom stereocenters. The molecule has 24 heavy (non-hydrogen) atoms. The van der Waals surface area contributed by atoms with Crippen molar-refractivity contribution in [2.45, 2.75) is 20.8 Å². The van der Waals surface area contributed by atoms with Crippen LogP contribution in [0.1, 0.15) is 22.3 Å². The highest BCUT2D eigenvalue weighted by molar-refractivity contribution is 5.61. The molecule has 9 heteroatoms. The number of hydrogen-bond donors (Lipinski definition) is 2. The summed E-state index contributed by atoms with van der Waals surface area (Å²) in [4.78, 5) is 24.5. The zero-order valence-electron chi connectivity index (χ0n) is 13.1. The molecule has 2 rings (SSSR count). The summed E-state index contributed by atoms with van der Waals surface area (Å²) in [6.45, 7) is 4.93. The molecule has 0 spiro atoms. The summed E-state index contributed by atoms with van der Waals surface area (Å²) in [6, 6.07) is 4.61. The first-order valence-electron chi connectivity index (χ1n) is 6.79. The van der Waals surface area contributed by atoms with Crippen LogP contribution in [0.2, 0.25) is 0 Å². The first-order chi connectivity index (χ1) is 11.3. The fourth-order valence-electron chi connectivity index (χ4n) is 2.07. The average molecular weight is 327 g/mol. The Morgan fingerprint density at radius 2 is 1.88 bits per heavy atom. The first-order valence-corrected chi connectivity index (χ1v) is 6.79. The summed E-state index contributed by atoms with van der Waals surface area (Å²) in [6.07, 6.45) is 0. The Kier molecular flexibility index (Phi) is 4.41. The van der Waals surface area contributed by atoms with Gasteiger partial charge in [0.05, 0.1) is 4.92 Å². The summed E-state index contributed by atoms with van der Waals surface area (Å²) in [7, 11) is 0. The summed E-state index contributed by atoms with van der Waals surface area (Å²) in [5.74, 6) is -0.559. The van der Waals surface area contributed by atoms with Crippen molar-refractivity contribution in [3.8, 4) is 11.9 Å². The van der Waals surface area contributed by atoms with Gasteiger partial charge < -0.3 is 5.11 Å². The van der Waals surface area contributed by atoms with Gasteiger partial charge in [-0.25, -0.2) is 0 Å². The molecule has 0 fully saturated rings. The maximum atomic E-state index is 11.9. The van der Waals surface area contributed by atoms with Crippen LogP contribution in [0, 0.1) is 42.2 Å². The standard InChI is InChI=1S/C15H13N5O4/c1-7-4-11(12(20(23)24)5-8(7)2)18-19-13-9(3)10(6-16)14(21)17-15(13)22/h4-5H,1-3H3,(H2,17,21,22). The molecule has 0 aliphatic rings. The minimum absolute atomic E-state index is 0.00603. The SMILES string of the molecule is Cc1cc(N=Nc2c(C)c(C#N)c(O)[nH]c2=O)c([N+](=O)[O-])cc1C. The van der Waals surface area contributed by atoms with Crippen LogP contribution in [0.15, 0.2) is 27.2 Å². The number of nitrogens with zero attached hydrogens (tertiary/aromatic N) is 4. The Morgan fingerprint density at radius 3 is 2.46 bits per heavy atom. The molecular weight excluding hydrogens is 314 g/mol. The molecule has 0 radical (unpaired) electrons. The van der Waals surface area contributed by atoms with E-state index in [4.69, 9.17) is 5.26 Å². The van der Waals surface area contributed by atoms with Crippen LogP contribution in [0.3, 0.4) is 0 Å². The zero-order chi connectivity index (χ0) is 18.0. The molecule has 1 heterocycles. The van der Waals surface area contributed by atoms with E-state index in [0.29, 0.717) is 0 Å². The highest BCUT2D eigenvalue weighted by atomic mass is 16.6. The van der Waals surface area contributed by atoms with E-state index in [9.17, 15) is 20.0 Å². The van der Waals surface area contributed by atoms with Crippen molar-refractivity contribution in [3.63, 3.8) is 0 Å². The molecule has 0 unspecified atom stereocenters. The molecule has 0 aliphatic carbocycles. The molecule has 0 saturated heterocycles.